The number of methoxy groups -OCH3 is 2. The number of rotatable bonds is 9. The van der Waals surface area contributed by atoms with E-state index in [1.165, 1.54) is 11.2 Å². The summed E-state index contributed by atoms with van der Waals surface area (Å²) in [5.41, 5.74) is 1.92. The Balaban J connectivity index is 1.21. The number of piperazine rings is 1. The molecule has 0 aliphatic carbocycles. The molecule has 1 saturated heterocycles. The molecular formula is C30H30ClN5O5. The summed E-state index contributed by atoms with van der Waals surface area (Å²) >= 11 is 6.28. The van der Waals surface area contributed by atoms with Gasteiger partial charge in [0.25, 0.3) is 5.91 Å². The summed E-state index contributed by atoms with van der Waals surface area (Å²) < 4.78 is 16.1. The Labute approximate surface area is 243 Å². The van der Waals surface area contributed by atoms with E-state index in [1.54, 1.807) is 55.5 Å². The molecule has 0 N–H and O–H groups in total. The van der Waals surface area contributed by atoms with Gasteiger partial charge in [-0.15, -0.1) is 10.2 Å². The molecule has 11 heteroatoms. The van der Waals surface area contributed by atoms with Gasteiger partial charge in [0.2, 0.25) is 5.91 Å². The molecule has 0 spiro atoms. The molecule has 5 rings (SSSR count). The predicted molar refractivity (Wildman–Crippen MR) is 154 cm³/mol. The van der Waals surface area contributed by atoms with Gasteiger partial charge >= 0.3 is 0 Å². The van der Waals surface area contributed by atoms with Crippen molar-refractivity contribution in [1.82, 2.24) is 20.0 Å². The van der Waals surface area contributed by atoms with Crippen LogP contribution in [-0.4, -0.2) is 78.8 Å². The number of amides is 2. The number of hydrogen-bond donors (Lipinski definition) is 0. The van der Waals surface area contributed by atoms with Gasteiger partial charge in [-0.25, -0.2) is 0 Å². The van der Waals surface area contributed by atoms with Crippen LogP contribution in [0.2, 0.25) is 5.02 Å². The molecule has 1 aliphatic heterocycles. The third kappa shape index (κ3) is 6.44. The normalized spacial score (nSPS) is 13.1. The summed E-state index contributed by atoms with van der Waals surface area (Å²) in [6, 6.07) is 19.8. The van der Waals surface area contributed by atoms with Gasteiger partial charge in [-0.1, -0.05) is 23.7 Å². The van der Waals surface area contributed by atoms with Crippen LogP contribution >= 0.6 is 11.6 Å². The number of anilines is 1. The molecule has 1 fully saturated rings. The van der Waals surface area contributed by atoms with E-state index in [1.807, 2.05) is 30.3 Å². The zero-order valence-corrected chi connectivity index (χ0v) is 23.6. The molecule has 1 aliphatic rings. The molecule has 10 nitrogen and oxygen atoms in total. The number of carbonyl (C=O) groups excluding carboxylic acids is 2. The third-order valence-corrected chi connectivity index (χ3v) is 7.26. The highest BCUT2D eigenvalue weighted by Crippen LogP contribution is 2.31. The van der Waals surface area contributed by atoms with Crippen LogP contribution in [0.3, 0.4) is 0 Å². The van der Waals surface area contributed by atoms with Gasteiger partial charge in [-0.2, -0.15) is 0 Å². The highest BCUT2D eigenvalue weighted by Gasteiger charge is 2.27. The van der Waals surface area contributed by atoms with Crippen LogP contribution in [0.15, 0.2) is 77.4 Å². The Hall–Kier alpha value is -4.57. The highest BCUT2D eigenvalue weighted by atomic mass is 35.5. The molecule has 0 radical (unpaired) electrons. The Kier molecular flexibility index (Phi) is 8.69. The van der Waals surface area contributed by atoms with Crippen molar-refractivity contribution in [3.63, 3.8) is 0 Å². The summed E-state index contributed by atoms with van der Waals surface area (Å²) in [6.45, 7) is 2.23. The summed E-state index contributed by atoms with van der Waals surface area (Å²) in [4.78, 5) is 32.0. The number of halogens is 1. The Bertz CT molecular complexity index is 1490. The smallest absolute Gasteiger partial charge is 0.256 e. The van der Waals surface area contributed by atoms with Gasteiger partial charge < -0.3 is 28.6 Å². The van der Waals surface area contributed by atoms with Crippen molar-refractivity contribution >= 4 is 29.2 Å². The van der Waals surface area contributed by atoms with Crippen LogP contribution in [0.25, 0.3) is 11.3 Å². The van der Waals surface area contributed by atoms with Crippen molar-refractivity contribution < 1.29 is 23.5 Å². The maximum Gasteiger partial charge on any atom is 0.256 e. The molecule has 3 heterocycles. The van der Waals surface area contributed by atoms with Crippen molar-refractivity contribution in [2.24, 2.45) is 0 Å². The van der Waals surface area contributed by atoms with Crippen molar-refractivity contribution in [1.29, 1.82) is 0 Å². The van der Waals surface area contributed by atoms with Crippen molar-refractivity contribution in [2.75, 3.05) is 51.8 Å². The molecule has 0 bridgehead atoms. The Morgan fingerprint density at radius 1 is 0.927 bits per heavy atom. The summed E-state index contributed by atoms with van der Waals surface area (Å²) in [7, 11) is 3.19. The van der Waals surface area contributed by atoms with Crippen LogP contribution in [0.5, 0.6) is 11.5 Å². The Morgan fingerprint density at radius 2 is 1.71 bits per heavy atom. The number of nitrogens with zero attached hydrogens (tertiary/aromatic N) is 5. The number of benzene rings is 2. The first-order valence-corrected chi connectivity index (χ1v) is 13.5. The first-order chi connectivity index (χ1) is 20.0. The van der Waals surface area contributed by atoms with Crippen LogP contribution in [0.4, 0.5) is 5.82 Å². The molecule has 0 unspecified atom stereocenters. The lowest BCUT2D eigenvalue weighted by Crippen LogP contribution is -2.52. The topological polar surface area (TPSA) is 101 Å². The van der Waals surface area contributed by atoms with Crippen LogP contribution in [0, 0.1) is 0 Å². The van der Waals surface area contributed by atoms with E-state index >= 15 is 0 Å². The molecule has 0 saturated carbocycles. The van der Waals surface area contributed by atoms with Gasteiger partial charge in [0, 0.05) is 31.7 Å². The van der Waals surface area contributed by atoms with Gasteiger partial charge in [0.15, 0.2) is 17.3 Å². The predicted octanol–water partition coefficient (Wildman–Crippen LogP) is 4.40. The average molecular weight is 576 g/mol. The zero-order chi connectivity index (χ0) is 28.8. The minimum Gasteiger partial charge on any atom is -0.493 e. The summed E-state index contributed by atoms with van der Waals surface area (Å²) in [5, 5.41) is 9.17. The molecule has 2 amide bonds. The van der Waals surface area contributed by atoms with Crippen LogP contribution in [0.1, 0.15) is 16.1 Å². The molecular weight excluding hydrogens is 546 g/mol. The maximum absolute atomic E-state index is 13.3. The first-order valence-electron chi connectivity index (χ1n) is 13.1. The third-order valence-electron chi connectivity index (χ3n) is 6.93. The molecule has 2 aromatic carbocycles. The molecule has 2 aromatic heterocycles. The molecule has 0 atom stereocenters. The summed E-state index contributed by atoms with van der Waals surface area (Å²) in [5.74, 6) is 2.10. The monoisotopic (exact) mass is 575 g/mol. The quantitative estimate of drug-likeness (QED) is 0.289. The molecule has 4 aromatic rings. The van der Waals surface area contributed by atoms with Gasteiger partial charge in [-0.3, -0.25) is 9.59 Å². The first kappa shape index (κ1) is 28.0. The lowest BCUT2D eigenvalue weighted by molar-refractivity contribution is -0.132. The van der Waals surface area contributed by atoms with E-state index in [-0.39, 0.29) is 24.9 Å². The zero-order valence-electron chi connectivity index (χ0n) is 22.8. The van der Waals surface area contributed by atoms with Crippen LogP contribution in [-0.2, 0) is 11.3 Å². The standard InChI is InChI=1S/C30H30ClN5O5/c1-39-26-11-9-21(18-27(26)40-2)25-10-12-28(33-32-25)34-13-15-35(16-14-34)29(37)20-36(19-22-6-5-17-41-22)30(38)23-7-3-4-8-24(23)31/h3-12,17-18H,13-16,19-20H2,1-2H3. The second-order valence-corrected chi connectivity index (χ2v) is 9.84. The minimum atomic E-state index is -0.330. The van der Waals surface area contributed by atoms with Gasteiger partial charge in [0.05, 0.1) is 43.3 Å². The average Bonchev–Trinajstić information content (AvgIpc) is 3.53. The van der Waals surface area contributed by atoms with Crippen molar-refractivity contribution in [3.8, 4) is 22.8 Å². The van der Waals surface area contributed by atoms with E-state index in [9.17, 15) is 9.59 Å². The lowest BCUT2D eigenvalue weighted by atomic mass is 10.1. The van der Waals surface area contributed by atoms with Crippen LogP contribution < -0.4 is 14.4 Å². The fourth-order valence-electron chi connectivity index (χ4n) is 4.69. The van der Waals surface area contributed by atoms with E-state index in [2.05, 4.69) is 15.1 Å². The SMILES string of the molecule is COc1ccc(-c2ccc(N3CCN(C(=O)CN(Cc4ccco4)C(=O)c4ccccc4Cl)CC3)nn2)cc1OC. The highest BCUT2D eigenvalue weighted by molar-refractivity contribution is 6.33. The van der Waals surface area contributed by atoms with Crippen molar-refractivity contribution in [3.05, 3.63) is 89.3 Å². The second-order valence-electron chi connectivity index (χ2n) is 9.43. The fourth-order valence-corrected chi connectivity index (χ4v) is 4.90. The maximum atomic E-state index is 13.3. The number of hydrogen-bond acceptors (Lipinski definition) is 8. The van der Waals surface area contributed by atoms with E-state index in [0.29, 0.717) is 59.7 Å². The fraction of sp³-hybridized carbons (Fsp3) is 0.267. The number of ether oxygens (including phenoxy) is 2. The van der Waals surface area contributed by atoms with Gasteiger partial charge in [0.1, 0.15) is 12.3 Å². The van der Waals surface area contributed by atoms with Gasteiger partial charge in [-0.05, 0) is 54.6 Å². The number of carbonyl (C=O) groups is 2. The van der Waals surface area contributed by atoms with E-state index in [0.717, 1.165) is 11.4 Å². The largest absolute Gasteiger partial charge is 0.493 e. The number of furan rings is 1. The number of aromatic nitrogens is 2. The summed E-state index contributed by atoms with van der Waals surface area (Å²) in [6.07, 6.45) is 1.54. The lowest BCUT2D eigenvalue weighted by Gasteiger charge is -2.36. The second kappa shape index (κ2) is 12.7. The molecule has 41 heavy (non-hydrogen) atoms. The minimum absolute atomic E-state index is 0.0927. The Morgan fingerprint density at radius 3 is 2.37 bits per heavy atom. The van der Waals surface area contributed by atoms with E-state index < -0.39 is 0 Å². The van der Waals surface area contributed by atoms with Crippen molar-refractivity contribution in [2.45, 2.75) is 6.54 Å². The van der Waals surface area contributed by atoms with E-state index in [4.69, 9.17) is 25.5 Å². The molecule has 212 valence electrons.